The summed E-state index contributed by atoms with van der Waals surface area (Å²) in [6.45, 7) is 1.15. The van der Waals surface area contributed by atoms with E-state index in [-0.39, 0.29) is 5.92 Å². The summed E-state index contributed by atoms with van der Waals surface area (Å²) in [5.74, 6) is 1.08. The molecule has 1 fully saturated rings. The van der Waals surface area contributed by atoms with Gasteiger partial charge in [-0.3, -0.25) is 0 Å². The zero-order chi connectivity index (χ0) is 12.5. The Balaban J connectivity index is 2.21. The van der Waals surface area contributed by atoms with Crippen molar-refractivity contribution in [2.75, 3.05) is 26.5 Å². The van der Waals surface area contributed by atoms with Crippen LogP contribution in [0.15, 0.2) is 24.3 Å². The molecule has 0 spiro atoms. The number of para-hydroxylation sites is 1. The Morgan fingerprint density at radius 1 is 1.35 bits per heavy atom. The highest BCUT2D eigenvalue weighted by atomic mass is 32.2. The molecule has 1 atom stereocenters. The summed E-state index contributed by atoms with van der Waals surface area (Å²) in [6.07, 6.45) is 2.12. The van der Waals surface area contributed by atoms with E-state index in [0.29, 0.717) is 13.1 Å². The summed E-state index contributed by atoms with van der Waals surface area (Å²) in [4.78, 5) is 0. The maximum absolute atomic E-state index is 11.5. The molecule has 1 aromatic rings. The van der Waals surface area contributed by atoms with Crippen molar-refractivity contribution in [1.29, 1.82) is 0 Å². The van der Waals surface area contributed by atoms with Gasteiger partial charge in [0.1, 0.15) is 5.75 Å². The average Bonchev–Trinajstić information content (AvgIpc) is 2.77. The zero-order valence-corrected chi connectivity index (χ0v) is 10.9. The van der Waals surface area contributed by atoms with Crippen molar-refractivity contribution in [3.05, 3.63) is 29.8 Å². The van der Waals surface area contributed by atoms with E-state index in [4.69, 9.17) is 4.74 Å². The van der Waals surface area contributed by atoms with Gasteiger partial charge in [-0.05, 0) is 18.1 Å². The van der Waals surface area contributed by atoms with E-state index >= 15 is 0 Å². The molecule has 0 aromatic heterocycles. The van der Waals surface area contributed by atoms with Gasteiger partial charge >= 0.3 is 0 Å². The van der Waals surface area contributed by atoms with Crippen LogP contribution in [0.3, 0.4) is 0 Å². The molecule has 2 rings (SSSR count). The normalized spacial score (nSPS) is 21.6. The molecule has 0 saturated carbocycles. The van der Waals surface area contributed by atoms with Crippen LogP contribution in [0.4, 0.5) is 0 Å². The van der Waals surface area contributed by atoms with E-state index in [2.05, 4.69) is 0 Å². The Labute approximate surface area is 102 Å². The van der Waals surface area contributed by atoms with Crippen molar-refractivity contribution < 1.29 is 13.2 Å². The lowest BCUT2D eigenvalue weighted by Gasteiger charge is -2.15. The van der Waals surface area contributed by atoms with E-state index < -0.39 is 10.0 Å². The third kappa shape index (κ3) is 2.61. The summed E-state index contributed by atoms with van der Waals surface area (Å²) >= 11 is 0. The molecule has 1 aliphatic rings. The predicted octanol–water partition coefficient (Wildman–Crippen LogP) is 1.44. The second-order valence-electron chi connectivity index (χ2n) is 4.35. The highest BCUT2D eigenvalue weighted by Crippen LogP contribution is 2.33. The molecule has 0 aliphatic carbocycles. The third-order valence-corrected chi connectivity index (χ3v) is 4.47. The lowest BCUT2D eigenvalue weighted by molar-refractivity contribution is 0.405. The number of benzene rings is 1. The van der Waals surface area contributed by atoms with Gasteiger partial charge in [0.05, 0.1) is 13.4 Å². The number of hydrogen-bond donors (Lipinski definition) is 0. The molecule has 1 aliphatic heterocycles. The largest absolute Gasteiger partial charge is 0.496 e. The first-order valence-corrected chi connectivity index (χ1v) is 7.45. The molecule has 0 unspecified atom stereocenters. The summed E-state index contributed by atoms with van der Waals surface area (Å²) in [5.41, 5.74) is 1.10. The fraction of sp³-hybridized carbons (Fsp3) is 0.500. The Bertz CT molecular complexity index is 498. The Morgan fingerprint density at radius 3 is 2.65 bits per heavy atom. The topological polar surface area (TPSA) is 46.6 Å². The van der Waals surface area contributed by atoms with Crippen LogP contribution in [0.2, 0.25) is 0 Å². The number of nitrogens with zero attached hydrogens (tertiary/aromatic N) is 1. The Morgan fingerprint density at radius 2 is 2.06 bits per heavy atom. The standard InChI is InChI=1S/C12H17NO3S/c1-16-12-6-4-3-5-11(12)10-7-8-13(9-10)17(2,14)15/h3-6,10H,7-9H2,1-2H3/t10-/m0/s1. The van der Waals surface area contributed by atoms with Crippen molar-refractivity contribution in [3.8, 4) is 5.75 Å². The quantitative estimate of drug-likeness (QED) is 0.821. The Hall–Kier alpha value is -1.07. The molecule has 4 nitrogen and oxygen atoms in total. The lowest BCUT2D eigenvalue weighted by atomic mass is 9.97. The van der Waals surface area contributed by atoms with Crippen LogP contribution in [-0.2, 0) is 10.0 Å². The number of hydrogen-bond acceptors (Lipinski definition) is 3. The first-order chi connectivity index (χ1) is 8.02. The van der Waals surface area contributed by atoms with E-state index in [1.165, 1.54) is 10.6 Å². The smallest absolute Gasteiger partial charge is 0.211 e. The molecule has 0 N–H and O–H groups in total. The van der Waals surface area contributed by atoms with Crippen molar-refractivity contribution in [2.45, 2.75) is 12.3 Å². The van der Waals surface area contributed by atoms with Gasteiger partial charge in [0.15, 0.2) is 0 Å². The molecular weight excluding hydrogens is 238 g/mol. The van der Waals surface area contributed by atoms with Crippen molar-refractivity contribution in [3.63, 3.8) is 0 Å². The molecule has 1 saturated heterocycles. The number of rotatable bonds is 3. The van der Waals surface area contributed by atoms with Crippen LogP contribution in [-0.4, -0.2) is 39.2 Å². The molecule has 1 heterocycles. The van der Waals surface area contributed by atoms with Gasteiger partial charge in [-0.1, -0.05) is 18.2 Å². The van der Waals surface area contributed by atoms with Crippen LogP contribution in [0.5, 0.6) is 5.75 Å². The maximum atomic E-state index is 11.5. The minimum Gasteiger partial charge on any atom is -0.496 e. The van der Waals surface area contributed by atoms with Gasteiger partial charge < -0.3 is 4.74 Å². The van der Waals surface area contributed by atoms with Crippen molar-refractivity contribution in [1.82, 2.24) is 4.31 Å². The number of ether oxygens (including phenoxy) is 1. The predicted molar refractivity (Wildman–Crippen MR) is 66.8 cm³/mol. The summed E-state index contributed by atoms with van der Waals surface area (Å²) in [5, 5.41) is 0. The van der Waals surface area contributed by atoms with Gasteiger partial charge in [-0.15, -0.1) is 0 Å². The minimum absolute atomic E-state index is 0.237. The zero-order valence-electron chi connectivity index (χ0n) is 10.1. The summed E-state index contributed by atoms with van der Waals surface area (Å²) in [6, 6.07) is 7.81. The fourth-order valence-corrected chi connectivity index (χ4v) is 3.17. The van der Waals surface area contributed by atoms with E-state index in [1.54, 1.807) is 7.11 Å². The second kappa shape index (κ2) is 4.66. The van der Waals surface area contributed by atoms with Crippen LogP contribution >= 0.6 is 0 Å². The third-order valence-electron chi connectivity index (χ3n) is 3.20. The molecular formula is C12H17NO3S. The van der Waals surface area contributed by atoms with E-state index in [9.17, 15) is 8.42 Å². The van der Waals surface area contributed by atoms with E-state index in [1.807, 2.05) is 24.3 Å². The highest BCUT2D eigenvalue weighted by Gasteiger charge is 2.30. The van der Waals surface area contributed by atoms with Crippen molar-refractivity contribution >= 4 is 10.0 Å². The minimum atomic E-state index is -3.07. The van der Waals surface area contributed by atoms with Gasteiger partial charge in [0.2, 0.25) is 10.0 Å². The molecule has 0 amide bonds. The van der Waals surface area contributed by atoms with Crippen molar-refractivity contribution in [2.24, 2.45) is 0 Å². The highest BCUT2D eigenvalue weighted by molar-refractivity contribution is 7.88. The molecule has 0 radical (unpaired) electrons. The Kier molecular flexibility index (Phi) is 3.40. The van der Waals surface area contributed by atoms with Crippen LogP contribution in [0.25, 0.3) is 0 Å². The average molecular weight is 255 g/mol. The van der Waals surface area contributed by atoms with Gasteiger partial charge in [0.25, 0.3) is 0 Å². The SMILES string of the molecule is COc1ccccc1[C@H]1CCN(S(C)(=O)=O)C1. The number of methoxy groups -OCH3 is 1. The monoisotopic (exact) mass is 255 g/mol. The van der Waals surface area contributed by atoms with Gasteiger partial charge in [-0.2, -0.15) is 0 Å². The summed E-state index contributed by atoms with van der Waals surface area (Å²) < 4.78 is 29.8. The van der Waals surface area contributed by atoms with Crippen LogP contribution < -0.4 is 4.74 Å². The second-order valence-corrected chi connectivity index (χ2v) is 6.33. The molecule has 17 heavy (non-hydrogen) atoms. The fourth-order valence-electron chi connectivity index (χ4n) is 2.29. The molecule has 1 aromatic carbocycles. The van der Waals surface area contributed by atoms with Gasteiger partial charge in [-0.25, -0.2) is 12.7 Å². The molecule has 0 bridgehead atoms. The van der Waals surface area contributed by atoms with Gasteiger partial charge in [0, 0.05) is 19.0 Å². The molecule has 5 heteroatoms. The lowest BCUT2D eigenvalue weighted by Crippen LogP contribution is -2.27. The first-order valence-electron chi connectivity index (χ1n) is 5.60. The van der Waals surface area contributed by atoms with E-state index in [0.717, 1.165) is 17.7 Å². The van der Waals surface area contributed by atoms with Crippen LogP contribution in [0, 0.1) is 0 Å². The van der Waals surface area contributed by atoms with Crippen LogP contribution in [0.1, 0.15) is 17.9 Å². The maximum Gasteiger partial charge on any atom is 0.211 e. The summed E-state index contributed by atoms with van der Waals surface area (Å²) in [7, 11) is -1.43. The molecule has 94 valence electrons. The number of sulfonamides is 1. The first kappa shape index (κ1) is 12.4.